The predicted octanol–water partition coefficient (Wildman–Crippen LogP) is 27.5. The van der Waals surface area contributed by atoms with Crippen LogP contribution in [0.3, 0.4) is 0 Å². The van der Waals surface area contributed by atoms with Crippen molar-refractivity contribution in [2.75, 3.05) is 39.6 Å². The number of esters is 4. The molecule has 108 heavy (non-hydrogen) atoms. The van der Waals surface area contributed by atoms with Gasteiger partial charge >= 0.3 is 39.5 Å². The van der Waals surface area contributed by atoms with Crippen LogP contribution in [-0.4, -0.2) is 96.7 Å². The van der Waals surface area contributed by atoms with Crippen LogP contribution in [0.2, 0.25) is 0 Å². The summed E-state index contributed by atoms with van der Waals surface area (Å²) in [5.41, 5.74) is 0. The van der Waals surface area contributed by atoms with Gasteiger partial charge in [0, 0.05) is 25.7 Å². The first kappa shape index (κ1) is 106. The minimum atomic E-state index is -4.97. The molecule has 0 aliphatic heterocycles. The largest absolute Gasteiger partial charge is 0.472 e. The molecule has 5 atom stereocenters. The van der Waals surface area contributed by atoms with E-state index in [9.17, 15) is 43.2 Å². The molecule has 0 rings (SSSR count). The van der Waals surface area contributed by atoms with Crippen LogP contribution in [0.1, 0.15) is 484 Å². The summed E-state index contributed by atoms with van der Waals surface area (Å²) in [5, 5.41) is 10.7. The molecule has 0 amide bonds. The highest BCUT2D eigenvalue weighted by Gasteiger charge is 2.30. The summed E-state index contributed by atoms with van der Waals surface area (Å²) in [4.78, 5) is 73.4. The zero-order valence-electron chi connectivity index (χ0n) is 71.0. The van der Waals surface area contributed by atoms with Gasteiger partial charge in [-0.15, -0.1) is 0 Å². The van der Waals surface area contributed by atoms with Gasteiger partial charge in [0.05, 0.1) is 26.4 Å². The van der Waals surface area contributed by atoms with Crippen LogP contribution in [0, 0.1) is 5.92 Å². The fourth-order valence-electron chi connectivity index (χ4n) is 14.0. The van der Waals surface area contributed by atoms with Gasteiger partial charge < -0.3 is 33.8 Å². The number of ether oxygens (including phenoxy) is 4. The van der Waals surface area contributed by atoms with Gasteiger partial charge in [-0.05, 0) is 31.6 Å². The Balaban J connectivity index is 5.24. The Bertz CT molecular complexity index is 2050. The zero-order valence-corrected chi connectivity index (χ0v) is 72.8. The maximum atomic E-state index is 13.2. The first-order valence-corrected chi connectivity index (χ1v) is 49.1. The summed E-state index contributed by atoms with van der Waals surface area (Å²) >= 11 is 0. The molecule has 0 aromatic heterocycles. The third kappa shape index (κ3) is 82.1. The van der Waals surface area contributed by atoms with Gasteiger partial charge in [-0.3, -0.25) is 37.3 Å². The molecular formula is C89H174O17P2. The Kier molecular flexibility index (Phi) is 80.2. The van der Waals surface area contributed by atoms with Crippen molar-refractivity contribution in [2.45, 2.75) is 502 Å². The Morgan fingerprint density at radius 3 is 0.630 bits per heavy atom. The lowest BCUT2D eigenvalue weighted by atomic mass is 10.0. The van der Waals surface area contributed by atoms with E-state index in [1.54, 1.807) is 0 Å². The van der Waals surface area contributed by atoms with Crippen molar-refractivity contribution < 1.29 is 80.2 Å². The van der Waals surface area contributed by atoms with E-state index < -0.39 is 97.5 Å². The molecule has 642 valence electrons. The molecule has 0 aliphatic rings. The van der Waals surface area contributed by atoms with Gasteiger partial charge in [-0.2, -0.15) is 0 Å². The fourth-order valence-corrected chi connectivity index (χ4v) is 15.6. The molecule has 0 saturated heterocycles. The van der Waals surface area contributed by atoms with Gasteiger partial charge in [0.1, 0.15) is 19.3 Å². The number of unbranched alkanes of at least 4 members (excludes halogenated alkanes) is 61. The lowest BCUT2D eigenvalue weighted by Gasteiger charge is -2.21. The molecule has 0 bridgehead atoms. The highest BCUT2D eigenvalue weighted by molar-refractivity contribution is 7.47. The zero-order chi connectivity index (χ0) is 79.0. The average molecular weight is 1580 g/mol. The highest BCUT2D eigenvalue weighted by atomic mass is 31.2. The fraction of sp³-hybridized carbons (Fsp3) is 0.955. The Hall–Kier alpha value is -1.94. The summed E-state index contributed by atoms with van der Waals surface area (Å²) in [7, 11) is -9.93. The molecule has 0 spiro atoms. The van der Waals surface area contributed by atoms with Crippen LogP contribution in [0.4, 0.5) is 0 Å². The van der Waals surface area contributed by atoms with Gasteiger partial charge in [0.25, 0.3) is 0 Å². The third-order valence-corrected chi connectivity index (χ3v) is 22.9. The number of phosphoric acid groups is 2. The maximum Gasteiger partial charge on any atom is 0.472 e. The Morgan fingerprint density at radius 2 is 0.426 bits per heavy atom. The van der Waals surface area contributed by atoms with E-state index in [1.807, 2.05) is 0 Å². The van der Waals surface area contributed by atoms with Crippen LogP contribution in [0.25, 0.3) is 0 Å². The topological polar surface area (TPSA) is 237 Å². The number of aliphatic hydroxyl groups is 1. The lowest BCUT2D eigenvalue weighted by molar-refractivity contribution is -0.161. The van der Waals surface area contributed by atoms with Crippen molar-refractivity contribution in [1.82, 2.24) is 0 Å². The third-order valence-electron chi connectivity index (χ3n) is 21.0. The normalized spacial score (nSPS) is 13.7. The maximum absolute atomic E-state index is 13.2. The van der Waals surface area contributed by atoms with Crippen LogP contribution >= 0.6 is 15.6 Å². The molecule has 0 aromatic carbocycles. The van der Waals surface area contributed by atoms with Gasteiger partial charge in [-0.25, -0.2) is 9.13 Å². The monoisotopic (exact) mass is 1580 g/mol. The van der Waals surface area contributed by atoms with Crippen LogP contribution in [0.15, 0.2) is 0 Å². The molecule has 3 N–H and O–H groups in total. The van der Waals surface area contributed by atoms with Crippen LogP contribution in [0.5, 0.6) is 0 Å². The molecule has 17 nitrogen and oxygen atoms in total. The molecule has 0 radical (unpaired) electrons. The van der Waals surface area contributed by atoms with Crippen molar-refractivity contribution in [1.29, 1.82) is 0 Å². The van der Waals surface area contributed by atoms with E-state index in [-0.39, 0.29) is 25.7 Å². The van der Waals surface area contributed by atoms with E-state index >= 15 is 0 Å². The van der Waals surface area contributed by atoms with Crippen molar-refractivity contribution >= 4 is 39.5 Å². The molecular weight excluding hydrogens is 1400 g/mol. The van der Waals surface area contributed by atoms with Crippen LogP contribution < -0.4 is 0 Å². The van der Waals surface area contributed by atoms with E-state index in [2.05, 4.69) is 34.6 Å². The molecule has 19 heteroatoms. The molecule has 0 aromatic rings. The number of rotatable bonds is 89. The second kappa shape index (κ2) is 81.6. The quantitative estimate of drug-likeness (QED) is 0.0222. The van der Waals surface area contributed by atoms with Crippen molar-refractivity contribution in [3.05, 3.63) is 0 Å². The summed E-state index contributed by atoms with van der Waals surface area (Å²) in [6.07, 6.45) is 76.4. The molecule has 2 unspecified atom stereocenters. The number of carbonyl (C=O) groups is 4. The van der Waals surface area contributed by atoms with Crippen molar-refractivity contribution in [3.63, 3.8) is 0 Å². The van der Waals surface area contributed by atoms with Gasteiger partial charge in [-0.1, -0.05) is 433 Å². The van der Waals surface area contributed by atoms with Crippen molar-refractivity contribution in [3.8, 4) is 0 Å². The van der Waals surface area contributed by atoms with Gasteiger partial charge in [0.15, 0.2) is 12.2 Å². The van der Waals surface area contributed by atoms with E-state index in [0.717, 1.165) is 95.8 Å². The van der Waals surface area contributed by atoms with Crippen LogP contribution in [-0.2, 0) is 65.4 Å². The summed E-state index contributed by atoms with van der Waals surface area (Å²) in [5.74, 6) is -1.32. The summed E-state index contributed by atoms with van der Waals surface area (Å²) in [6, 6.07) is 0. The molecule has 0 saturated carbocycles. The van der Waals surface area contributed by atoms with E-state index in [1.165, 1.54) is 308 Å². The highest BCUT2D eigenvalue weighted by Crippen LogP contribution is 2.45. The second-order valence-corrected chi connectivity index (χ2v) is 35.4. The minimum Gasteiger partial charge on any atom is -0.462 e. The Labute approximate surface area is 664 Å². The number of aliphatic hydroxyl groups excluding tert-OH is 1. The SMILES string of the molecule is CCCCCCCCCCCCCCCCCCCCCCCCC(=O)O[C@H](COC(=O)CCCCCCCCCCCCCCCCCCCC)COP(=O)(O)OC[C@@H](O)COP(=O)(O)OC[C@@H](COC(=O)CCCCCCCCCCCCCCC)OC(=O)CCCCCCCCCCCCCCC(C)C. The summed E-state index contributed by atoms with van der Waals surface area (Å²) < 4.78 is 69.0. The lowest BCUT2D eigenvalue weighted by Crippen LogP contribution is -2.30. The number of carbonyl (C=O) groups excluding carboxylic acids is 4. The number of hydrogen-bond acceptors (Lipinski definition) is 15. The van der Waals surface area contributed by atoms with Gasteiger partial charge in [0.2, 0.25) is 0 Å². The molecule has 0 aliphatic carbocycles. The summed E-state index contributed by atoms with van der Waals surface area (Å²) in [6.45, 7) is 7.39. The predicted molar refractivity (Wildman–Crippen MR) is 446 cm³/mol. The average Bonchev–Trinajstić information content (AvgIpc) is 0.913. The van der Waals surface area contributed by atoms with Crippen molar-refractivity contribution in [2.24, 2.45) is 5.92 Å². The standard InChI is InChI=1S/C89H174O17P2/c1-6-9-12-15-18-21-24-27-29-31-33-34-35-36-38-40-43-49-54-59-64-69-74-88(93)105-84(79-100-87(92)73-68-63-58-53-48-42-39-37-32-30-28-25-22-19-16-13-10-7-2)80-103-107(95,96)101-76-83(90)77-102-108(97,98)104-81-85(78-99-86(91)72-67-62-57-52-47-41-26-23-20-17-14-11-8-3)106-89(94)75-70-65-60-55-50-45-44-46-51-56-61-66-71-82(4)5/h82-85,90H,6-81H2,1-5H3,(H,95,96)(H,97,98)/t83-,84-,85-/m1/s1. The number of hydrogen-bond donors (Lipinski definition) is 3. The molecule has 0 fully saturated rings. The Morgan fingerprint density at radius 1 is 0.250 bits per heavy atom. The minimum absolute atomic E-state index is 0.108. The first-order valence-electron chi connectivity index (χ1n) is 46.1. The molecule has 0 heterocycles. The number of phosphoric ester groups is 2. The smallest absolute Gasteiger partial charge is 0.462 e. The first-order chi connectivity index (χ1) is 52.5. The van der Waals surface area contributed by atoms with E-state index in [0.29, 0.717) is 25.7 Å². The van der Waals surface area contributed by atoms with E-state index in [4.69, 9.17) is 37.0 Å². The second-order valence-electron chi connectivity index (χ2n) is 32.5.